The van der Waals surface area contributed by atoms with Gasteiger partial charge in [0, 0.05) is 6.54 Å². The summed E-state index contributed by atoms with van der Waals surface area (Å²) in [5.41, 5.74) is 1.83. The van der Waals surface area contributed by atoms with Crippen LogP contribution in [0.15, 0.2) is 0 Å². The molecule has 0 aliphatic heterocycles. The molecule has 0 aromatic rings. The molecular formula is C6H12F3N3O. The van der Waals surface area contributed by atoms with Crippen molar-refractivity contribution in [2.45, 2.75) is 12.6 Å². The summed E-state index contributed by atoms with van der Waals surface area (Å²) < 4.78 is 35.1. The summed E-state index contributed by atoms with van der Waals surface area (Å²) in [6, 6.07) is 0. The Kier molecular flexibility index (Phi) is 4.71. The molecule has 0 aliphatic carbocycles. The number of nitrogens with two attached hydrogens (primary N) is 1. The van der Waals surface area contributed by atoms with Gasteiger partial charge in [0.1, 0.15) is 0 Å². The first-order chi connectivity index (χ1) is 5.85. The van der Waals surface area contributed by atoms with Crippen molar-refractivity contribution in [2.24, 2.45) is 5.84 Å². The van der Waals surface area contributed by atoms with Crippen LogP contribution in [-0.4, -0.2) is 37.1 Å². The molecule has 0 saturated carbocycles. The Bertz CT molecular complexity index is 171. The monoisotopic (exact) mass is 199 g/mol. The van der Waals surface area contributed by atoms with Crippen molar-refractivity contribution in [1.82, 2.24) is 10.3 Å². The number of hydrogen-bond acceptors (Lipinski definition) is 3. The Morgan fingerprint density at radius 1 is 1.54 bits per heavy atom. The van der Waals surface area contributed by atoms with Crippen LogP contribution in [0.3, 0.4) is 0 Å². The van der Waals surface area contributed by atoms with Crippen LogP contribution in [0.4, 0.5) is 13.2 Å². The minimum Gasteiger partial charge on any atom is -0.297 e. The number of nitrogens with zero attached hydrogens (tertiary/aromatic N) is 1. The van der Waals surface area contributed by atoms with E-state index in [4.69, 9.17) is 5.84 Å². The van der Waals surface area contributed by atoms with Crippen LogP contribution in [0.1, 0.15) is 6.42 Å². The lowest BCUT2D eigenvalue weighted by Crippen LogP contribution is -2.39. The maximum Gasteiger partial charge on any atom is 0.390 e. The molecule has 0 spiro atoms. The summed E-state index contributed by atoms with van der Waals surface area (Å²) in [6.45, 7) is -0.344. The van der Waals surface area contributed by atoms with Crippen LogP contribution in [0.5, 0.6) is 0 Å². The second kappa shape index (κ2) is 5.03. The van der Waals surface area contributed by atoms with Gasteiger partial charge in [0.15, 0.2) is 0 Å². The molecule has 0 atom stereocenters. The van der Waals surface area contributed by atoms with Gasteiger partial charge in [-0.1, -0.05) is 0 Å². The zero-order valence-electron chi connectivity index (χ0n) is 7.19. The highest BCUT2D eigenvalue weighted by Crippen LogP contribution is 2.19. The lowest BCUT2D eigenvalue weighted by Gasteiger charge is -2.16. The van der Waals surface area contributed by atoms with Crippen LogP contribution in [0.2, 0.25) is 0 Å². The Balaban J connectivity index is 3.63. The number of carbonyl (C=O) groups excluding carboxylic acids is 1. The molecule has 0 rings (SSSR count). The number of carbonyl (C=O) groups is 1. The van der Waals surface area contributed by atoms with Crippen LogP contribution in [0, 0.1) is 0 Å². The Hall–Kier alpha value is -0.820. The molecule has 0 fully saturated rings. The first-order valence-corrected chi connectivity index (χ1v) is 3.60. The van der Waals surface area contributed by atoms with E-state index >= 15 is 0 Å². The average Bonchev–Trinajstić information content (AvgIpc) is 1.99. The van der Waals surface area contributed by atoms with E-state index in [1.54, 1.807) is 0 Å². The van der Waals surface area contributed by atoms with Gasteiger partial charge >= 0.3 is 6.18 Å². The SMILES string of the molecule is CN(CCC(F)(F)F)CC(=O)NN. The first-order valence-electron chi connectivity index (χ1n) is 3.60. The summed E-state index contributed by atoms with van der Waals surface area (Å²) in [5, 5.41) is 0. The molecule has 0 unspecified atom stereocenters. The molecule has 3 N–H and O–H groups in total. The number of halogens is 3. The molecule has 0 radical (unpaired) electrons. The van der Waals surface area contributed by atoms with Crippen LogP contribution >= 0.6 is 0 Å². The van der Waals surface area contributed by atoms with Crippen LogP contribution < -0.4 is 11.3 Å². The van der Waals surface area contributed by atoms with Crippen molar-refractivity contribution in [2.75, 3.05) is 20.1 Å². The molecule has 0 saturated heterocycles. The first kappa shape index (κ1) is 12.2. The van der Waals surface area contributed by atoms with Gasteiger partial charge in [-0.3, -0.25) is 15.1 Å². The number of rotatable bonds is 4. The molecule has 1 amide bonds. The van der Waals surface area contributed by atoms with E-state index in [0.717, 1.165) is 0 Å². The maximum absolute atomic E-state index is 11.7. The second-order valence-electron chi connectivity index (χ2n) is 2.67. The summed E-state index contributed by atoms with van der Waals surface area (Å²) in [4.78, 5) is 11.8. The zero-order valence-corrected chi connectivity index (χ0v) is 7.19. The van der Waals surface area contributed by atoms with E-state index in [0.29, 0.717) is 0 Å². The summed E-state index contributed by atoms with van der Waals surface area (Å²) in [5.74, 6) is 4.24. The van der Waals surface area contributed by atoms with Crippen molar-refractivity contribution < 1.29 is 18.0 Å². The van der Waals surface area contributed by atoms with Crippen molar-refractivity contribution in [3.63, 3.8) is 0 Å². The molecular weight excluding hydrogens is 187 g/mol. The van der Waals surface area contributed by atoms with E-state index in [1.807, 2.05) is 5.43 Å². The van der Waals surface area contributed by atoms with Gasteiger partial charge in [-0.05, 0) is 7.05 Å². The largest absolute Gasteiger partial charge is 0.390 e. The Labute approximate surface area is 73.8 Å². The highest BCUT2D eigenvalue weighted by Gasteiger charge is 2.27. The molecule has 78 valence electrons. The lowest BCUT2D eigenvalue weighted by molar-refractivity contribution is -0.139. The highest BCUT2D eigenvalue weighted by molar-refractivity contribution is 5.77. The molecule has 4 nitrogen and oxygen atoms in total. The minimum atomic E-state index is -4.19. The molecule has 0 aliphatic rings. The van der Waals surface area contributed by atoms with E-state index in [1.165, 1.54) is 11.9 Å². The van der Waals surface area contributed by atoms with Gasteiger partial charge in [0.05, 0.1) is 13.0 Å². The normalized spacial score (nSPS) is 11.8. The Morgan fingerprint density at radius 2 is 2.08 bits per heavy atom. The summed E-state index contributed by atoms with van der Waals surface area (Å²) >= 11 is 0. The lowest BCUT2D eigenvalue weighted by atomic mass is 10.4. The quantitative estimate of drug-likeness (QED) is 0.376. The number of amides is 1. The van der Waals surface area contributed by atoms with Gasteiger partial charge in [-0.2, -0.15) is 13.2 Å². The number of likely N-dealkylation sites (N-methyl/N-ethyl adjacent to an activating group) is 1. The third kappa shape index (κ3) is 7.54. The summed E-state index contributed by atoms with van der Waals surface area (Å²) in [7, 11) is 1.42. The zero-order chi connectivity index (χ0) is 10.5. The Morgan fingerprint density at radius 3 is 2.46 bits per heavy atom. The third-order valence-electron chi connectivity index (χ3n) is 1.35. The summed E-state index contributed by atoms with van der Waals surface area (Å²) in [6.07, 6.45) is -5.12. The molecule has 13 heavy (non-hydrogen) atoms. The predicted molar refractivity (Wildman–Crippen MR) is 40.5 cm³/mol. The van der Waals surface area contributed by atoms with Crippen LogP contribution in [-0.2, 0) is 4.79 Å². The number of nitrogens with one attached hydrogen (secondary N) is 1. The van der Waals surface area contributed by atoms with E-state index in [-0.39, 0.29) is 13.1 Å². The molecule has 0 aromatic carbocycles. The minimum absolute atomic E-state index is 0.132. The fraction of sp³-hybridized carbons (Fsp3) is 0.833. The molecule has 0 heterocycles. The van der Waals surface area contributed by atoms with E-state index < -0.39 is 18.5 Å². The molecule has 0 bridgehead atoms. The fourth-order valence-electron chi connectivity index (χ4n) is 0.687. The molecule has 7 heteroatoms. The third-order valence-corrected chi connectivity index (χ3v) is 1.35. The topological polar surface area (TPSA) is 58.4 Å². The smallest absolute Gasteiger partial charge is 0.297 e. The number of alkyl halides is 3. The van der Waals surface area contributed by atoms with Crippen LogP contribution in [0.25, 0.3) is 0 Å². The standard InChI is InChI=1S/C6H12F3N3O/c1-12(4-5(13)11-10)3-2-6(7,8)9/h2-4,10H2,1H3,(H,11,13). The van der Waals surface area contributed by atoms with Crippen molar-refractivity contribution in [3.05, 3.63) is 0 Å². The van der Waals surface area contributed by atoms with Gasteiger partial charge in [0.25, 0.3) is 0 Å². The van der Waals surface area contributed by atoms with Gasteiger partial charge in [-0.15, -0.1) is 0 Å². The van der Waals surface area contributed by atoms with Crippen molar-refractivity contribution >= 4 is 5.91 Å². The van der Waals surface area contributed by atoms with E-state index in [9.17, 15) is 18.0 Å². The van der Waals surface area contributed by atoms with Gasteiger partial charge in [-0.25, -0.2) is 5.84 Å². The second-order valence-corrected chi connectivity index (χ2v) is 2.67. The van der Waals surface area contributed by atoms with Gasteiger partial charge < -0.3 is 0 Å². The fourth-order valence-corrected chi connectivity index (χ4v) is 0.687. The van der Waals surface area contributed by atoms with Crippen molar-refractivity contribution in [1.29, 1.82) is 0 Å². The average molecular weight is 199 g/mol. The predicted octanol–water partition coefficient (Wildman–Crippen LogP) is -0.139. The maximum atomic E-state index is 11.7. The molecule has 0 aromatic heterocycles. The highest BCUT2D eigenvalue weighted by atomic mass is 19.4. The van der Waals surface area contributed by atoms with Crippen molar-refractivity contribution in [3.8, 4) is 0 Å². The van der Waals surface area contributed by atoms with E-state index in [2.05, 4.69) is 0 Å². The number of hydrogen-bond donors (Lipinski definition) is 2. The van der Waals surface area contributed by atoms with Gasteiger partial charge in [0.2, 0.25) is 5.91 Å². The number of hydrazine groups is 1.